The second-order valence-electron chi connectivity index (χ2n) is 15.7. The maximum atomic E-state index is 6.31. The van der Waals surface area contributed by atoms with E-state index in [1.807, 2.05) is 12.1 Å². The van der Waals surface area contributed by atoms with Crippen molar-refractivity contribution >= 4 is 49.6 Å². The molecule has 0 N–H and O–H groups in total. The predicted octanol–water partition coefficient (Wildman–Crippen LogP) is 16.9. The summed E-state index contributed by atoms with van der Waals surface area (Å²) in [6.45, 7) is 2.14. The zero-order chi connectivity index (χ0) is 40.7. The van der Waals surface area contributed by atoms with Gasteiger partial charge in [0.05, 0.1) is 0 Å². The summed E-state index contributed by atoms with van der Waals surface area (Å²) in [5.41, 5.74) is 15.9. The van der Waals surface area contributed by atoms with Gasteiger partial charge in [0.2, 0.25) is 0 Å². The number of hydrogen-bond donors (Lipinski definition) is 0. The molecule has 0 radical (unpaired) electrons. The molecule has 0 aliphatic rings. The van der Waals surface area contributed by atoms with Gasteiger partial charge >= 0.3 is 0 Å². The number of nitrogens with zero attached hydrogens (tertiary/aromatic N) is 1. The Balaban J connectivity index is 0.926. The molecule has 0 bridgehead atoms. The largest absolute Gasteiger partial charge is 0.456 e. The summed E-state index contributed by atoms with van der Waals surface area (Å²) in [4.78, 5) is 2.36. The summed E-state index contributed by atoms with van der Waals surface area (Å²) in [5.74, 6) is 0.926. The normalized spacial score (nSPS) is 11.4. The van der Waals surface area contributed by atoms with Gasteiger partial charge in [-0.25, -0.2) is 0 Å². The van der Waals surface area contributed by atoms with Crippen LogP contribution in [0.3, 0.4) is 0 Å². The van der Waals surface area contributed by atoms with E-state index >= 15 is 0 Å². The first-order valence-electron chi connectivity index (χ1n) is 20.9. The molecule has 0 spiro atoms. The molecule has 2 nitrogen and oxygen atoms in total. The Labute approximate surface area is 356 Å². The van der Waals surface area contributed by atoms with Gasteiger partial charge in [0.15, 0.2) is 0 Å². The third-order valence-corrected chi connectivity index (χ3v) is 12.1. The standard InChI is InChI=1S/C59H41NO/c1-40-53-20-9-10-24-58(53)61-59(40)49-18-11-16-46(37-49)44-27-25-42(26-28-44)43-29-33-50(34-30-43)60(52-19-12-17-47(38-52)41-13-3-2-4-14-41)51-35-31-45(32-36-51)57-39-48-15-5-6-21-54(48)55-22-7-8-23-56(55)57/h2-39H,1H3. The molecule has 11 rings (SSSR count). The first-order chi connectivity index (χ1) is 30.1. The Hall–Kier alpha value is -7.94. The average Bonchev–Trinajstić information content (AvgIpc) is 3.68. The summed E-state index contributed by atoms with van der Waals surface area (Å²) < 4.78 is 6.31. The number of para-hydroxylation sites is 1. The van der Waals surface area contributed by atoms with Crippen molar-refractivity contribution in [2.75, 3.05) is 4.90 Å². The lowest BCUT2D eigenvalue weighted by Gasteiger charge is -2.26. The lowest BCUT2D eigenvalue weighted by molar-refractivity contribution is 0.629. The summed E-state index contributed by atoms with van der Waals surface area (Å²) in [7, 11) is 0. The predicted molar refractivity (Wildman–Crippen MR) is 258 cm³/mol. The monoisotopic (exact) mass is 779 g/mol. The fraction of sp³-hybridized carbons (Fsp3) is 0.0169. The molecule has 0 saturated heterocycles. The molecule has 1 aromatic heterocycles. The molecule has 0 unspecified atom stereocenters. The van der Waals surface area contributed by atoms with E-state index in [9.17, 15) is 0 Å². The number of benzene rings is 10. The summed E-state index contributed by atoms with van der Waals surface area (Å²) in [5, 5.41) is 6.22. The zero-order valence-corrected chi connectivity index (χ0v) is 33.8. The second kappa shape index (κ2) is 15.3. The molecule has 0 saturated carbocycles. The van der Waals surface area contributed by atoms with Gasteiger partial charge in [0.25, 0.3) is 0 Å². The zero-order valence-electron chi connectivity index (χ0n) is 33.8. The van der Waals surface area contributed by atoms with Crippen LogP contribution in [-0.4, -0.2) is 0 Å². The van der Waals surface area contributed by atoms with Crippen LogP contribution in [0.1, 0.15) is 5.56 Å². The van der Waals surface area contributed by atoms with Crippen LogP contribution < -0.4 is 4.90 Å². The molecular formula is C59H41NO. The van der Waals surface area contributed by atoms with E-state index in [0.29, 0.717) is 0 Å². The van der Waals surface area contributed by atoms with Crippen molar-refractivity contribution in [3.63, 3.8) is 0 Å². The highest BCUT2D eigenvalue weighted by Crippen LogP contribution is 2.41. The molecule has 1 heterocycles. The molecule has 2 heteroatoms. The summed E-state index contributed by atoms with van der Waals surface area (Å²) in [6.07, 6.45) is 0. The number of furan rings is 1. The van der Waals surface area contributed by atoms with Gasteiger partial charge in [-0.2, -0.15) is 0 Å². The Morgan fingerprint density at radius 1 is 0.311 bits per heavy atom. The quantitative estimate of drug-likeness (QED) is 0.143. The van der Waals surface area contributed by atoms with Crippen LogP contribution in [0, 0.1) is 6.92 Å². The van der Waals surface area contributed by atoms with Crippen molar-refractivity contribution in [1.82, 2.24) is 0 Å². The van der Waals surface area contributed by atoms with Gasteiger partial charge in [0.1, 0.15) is 11.3 Å². The van der Waals surface area contributed by atoms with Gasteiger partial charge in [-0.05, 0) is 128 Å². The van der Waals surface area contributed by atoms with Crippen LogP contribution in [0.2, 0.25) is 0 Å². The fourth-order valence-electron chi connectivity index (χ4n) is 8.93. The molecule has 288 valence electrons. The summed E-state index contributed by atoms with van der Waals surface area (Å²) >= 11 is 0. The third kappa shape index (κ3) is 6.75. The molecule has 11 aromatic rings. The minimum absolute atomic E-state index is 0.920. The second-order valence-corrected chi connectivity index (χ2v) is 15.7. The van der Waals surface area contributed by atoms with E-state index in [0.717, 1.165) is 44.9 Å². The van der Waals surface area contributed by atoms with E-state index in [2.05, 4.69) is 230 Å². The van der Waals surface area contributed by atoms with Crippen LogP contribution in [0.15, 0.2) is 235 Å². The Morgan fingerprint density at radius 3 is 1.51 bits per heavy atom. The first kappa shape index (κ1) is 36.2. The summed E-state index contributed by atoms with van der Waals surface area (Å²) in [6, 6.07) is 83.0. The Kier molecular flexibility index (Phi) is 9.09. The van der Waals surface area contributed by atoms with Crippen molar-refractivity contribution in [2.24, 2.45) is 0 Å². The number of fused-ring (bicyclic) bond motifs is 4. The SMILES string of the molecule is Cc1c(-c2cccc(-c3ccc(-c4ccc(N(c5ccc(-c6cc7ccccc7c7ccccc67)cc5)c5cccc(-c6ccccc6)c5)cc4)cc3)c2)oc2ccccc12. The molecule has 0 aliphatic heterocycles. The van der Waals surface area contributed by atoms with E-state index in [4.69, 9.17) is 4.42 Å². The Bertz CT molecular complexity index is 3340. The minimum atomic E-state index is 0.920. The van der Waals surface area contributed by atoms with Crippen molar-refractivity contribution < 1.29 is 4.42 Å². The molecule has 0 atom stereocenters. The van der Waals surface area contributed by atoms with E-state index in [-0.39, 0.29) is 0 Å². The number of hydrogen-bond acceptors (Lipinski definition) is 2. The number of anilines is 3. The molecule has 10 aromatic carbocycles. The highest BCUT2D eigenvalue weighted by atomic mass is 16.3. The van der Waals surface area contributed by atoms with E-state index < -0.39 is 0 Å². The van der Waals surface area contributed by atoms with Crippen LogP contribution in [-0.2, 0) is 0 Å². The lowest BCUT2D eigenvalue weighted by Crippen LogP contribution is -2.10. The van der Waals surface area contributed by atoms with Crippen molar-refractivity contribution in [3.05, 3.63) is 236 Å². The smallest absolute Gasteiger partial charge is 0.138 e. The van der Waals surface area contributed by atoms with Crippen LogP contribution in [0.5, 0.6) is 0 Å². The average molecular weight is 780 g/mol. The lowest BCUT2D eigenvalue weighted by atomic mass is 9.93. The molecule has 0 aliphatic carbocycles. The van der Waals surface area contributed by atoms with Crippen LogP contribution in [0.25, 0.3) is 88.3 Å². The highest BCUT2D eigenvalue weighted by Gasteiger charge is 2.17. The van der Waals surface area contributed by atoms with Crippen LogP contribution >= 0.6 is 0 Å². The molecule has 0 amide bonds. The van der Waals surface area contributed by atoms with Crippen molar-refractivity contribution in [2.45, 2.75) is 6.92 Å². The maximum absolute atomic E-state index is 6.31. The van der Waals surface area contributed by atoms with Crippen LogP contribution in [0.4, 0.5) is 17.1 Å². The highest BCUT2D eigenvalue weighted by molar-refractivity contribution is 6.13. The molecule has 0 fully saturated rings. The first-order valence-corrected chi connectivity index (χ1v) is 20.9. The van der Waals surface area contributed by atoms with Gasteiger partial charge in [-0.1, -0.05) is 176 Å². The van der Waals surface area contributed by atoms with Gasteiger partial charge in [-0.15, -0.1) is 0 Å². The molecular weight excluding hydrogens is 739 g/mol. The maximum Gasteiger partial charge on any atom is 0.138 e. The van der Waals surface area contributed by atoms with Crippen molar-refractivity contribution in [3.8, 4) is 55.8 Å². The number of aryl methyl sites for hydroxylation is 1. The minimum Gasteiger partial charge on any atom is -0.456 e. The van der Waals surface area contributed by atoms with Gasteiger partial charge < -0.3 is 9.32 Å². The number of rotatable bonds is 8. The Morgan fingerprint density at radius 2 is 0.803 bits per heavy atom. The van der Waals surface area contributed by atoms with Crippen molar-refractivity contribution in [1.29, 1.82) is 0 Å². The third-order valence-electron chi connectivity index (χ3n) is 12.1. The fourth-order valence-corrected chi connectivity index (χ4v) is 8.93. The van der Waals surface area contributed by atoms with E-state index in [1.54, 1.807) is 0 Å². The topological polar surface area (TPSA) is 16.4 Å². The molecule has 61 heavy (non-hydrogen) atoms. The van der Waals surface area contributed by atoms with Gasteiger partial charge in [-0.3, -0.25) is 0 Å². The van der Waals surface area contributed by atoms with Gasteiger partial charge in [0, 0.05) is 33.6 Å². The van der Waals surface area contributed by atoms with E-state index in [1.165, 1.54) is 66.1 Å².